The molecule has 1 aromatic carbocycles. The first-order valence-electron chi connectivity index (χ1n) is 13.0. The maximum Gasteiger partial charge on any atom is 0.343 e. The number of aromatic nitrogens is 2. The van der Waals surface area contributed by atoms with Crippen molar-refractivity contribution < 1.29 is 18.7 Å². The van der Waals surface area contributed by atoms with Gasteiger partial charge in [0, 0.05) is 46.9 Å². The third kappa shape index (κ3) is 5.07. The van der Waals surface area contributed by atoms with E-state index in [9.17, 15) is 9.59 Å². The predicted molar refractivity (Wildman–Crippen MR) is 146 cm³/mol. The summed E-state index contributed by atoms with van der Waals surface area (Å²) < 4.78 is 13.6. The molecule has 0 aliphatic heterocycles. The molecule has 5 rings (SSSR count). The first-order valence-corrected chi connectivity index (χ1v) is 13.9. The first kappa shape index (κ1) is 25.3. The molecule has 7 nitrogen and oxygen atoms in total. The van der Waals surface area contributed by atoms with Crippen molar-refractivity contribution in [3.05, 3.63) is 53.7 Å². The molecule has 0 saturated heterocycles. The molecule has 3 heterocycles. The number of furan rings is 1. The zero-order chi connectivity index (χ0) is 26.1. The molecule has 1 aliphatic rings. The number of rotatable bonds is 7. The molecular formula is C29H33N3O4S. The molecule has 1 saturated carbocycles. The average molecular weight is 520 g/mol. The molecule has 0 spiro atoms. The van der Waals surface area contributed by atoms with Gasteiger partial charge in [-0.2, -0.15) is 0 Å². The summed E-state index contributed by atoms with van der Waals surface area (Å²) in [5.74, 6) is 0.896. The quantitative estimate of drug-likeness (QED) is 0.244. The van der Waals surface area contributed by atoms with E-state index >= 15 is 0 Å². The number of thiazole rings is 1. The summed E-state index contributed by atoms with van der Waals surface area (Å²) in [5, 5.41) is 2.00. The summed E-state index contributed by atoms with van der Waals surface area (Å²) in [5.41, 5.74) is 2.97. The van der Waals surface area contributed by atoms with Crippen molar-refractivity contribution in [3.63, 3.8) is 0 Å². The van der Waals surface area contributed by atoms with Crippen molar-refractivity contribution in [2.24, 2.45) is 11.8 Å². The van der Waals surface area contributed by atoms with Gasteiger partial charge in [-0.25, -0.2) is 9.78 Å². The number of carbonyl (C=O) groups excluding carboxylic acids is 2. The average Bonchev–Trinajstić information content (AvgIpc) is 3.60. The molecule has 8 heteroatoms. The van der Waals surface area contributed by atoms with Crippen molar-refractivity contribution in [3.8, 4) is 22.6 Å². The monoisotopic (exact) mass is 519 g/mol. The van der Waals surface area contributed by atoms with Gasteiger partial charge in [0.1, 0.15) is 11.3 Å². The van der Waals surface area contributed by atoms with Gasteiger partial charge in [-0.1, -0.05) is 31.2 Å². The van der Waals surface area contributed by atoms with E-state index in [4.69, 9.17) is 9.15 Å². The highest BCUT2D eigenvalue weighted by Gasteiger charge is 2.35. The normalized spacial score (nSPS) is 17.9. The lowest BCUT2D eigenvalue weighted by Gasteiger charge is -2.32. The third-order valence-electron chi connectivity index (χ3n) is 7.10. The van der Waals surface area contributed by atoms with Gasteiger partial charge in [0.25, 0.3) is 0 Å². The van der Waals surface area contributed by atoms with E-state index in [1.165, 1.54) is 0 Å². The maximum absolute atomic E-state index is 13.7. The van der Waals surface area contributed by atoms with E-state index in [-0.39, 0.29) is 35.9 Å². The summed E-state index contributed by atoms with van der Waals surface area (Å²) in [4.78, 5) is 33.9. The van der Waals surface area contributed by atoms with E-state index < -0.39 is 5.97 Å². The van der Waals surface area contributed by atoms with Crippen LogP contribution in [0, 0.1) is 11.8 Å². The highest BCUT2D eigenvalue weighted by Crippen LogP contribution is 2.37. The molecule has 1 fully saturated rings. The van der Waals surface area contributed by atoms with Gasteiger partial charge in [-0.15, -0.1) is 11.3 Å². The van der Waals surface area contributed by atoms with Crippen LogP contribution in [0.25, 0.3) is 27.5 Å². The van der Waals surface area contributed by atoms with Gasteiger partial charge in [0.05, 0.1) is 12.3 Å². The molecule has 0 bridgehead atoms. The molecule has 37 heavy (non-hydrogen) atoms. The Morgan fingerprint density at radius 3 is 2.51 bits per heavy atom. The van der Waals surface area contributed by atoms with E-state index in [1.807, 2.05) is 60.3 Å². The van der Waals surface area contributed by atoms with Crippen LogP contribution in [0.1, 0.15) is 63.7 Å². The van der Waals surface area contributed by atoms with Crippen LogP contribution in [0.3, 0.4) is 0 Å². The zero-order valence-electron chi connectivity index (χ0n) is 21.8. The Hall–Kier alpha value is -3.39. The van der Waals surface area contributed by atoms with Crippen LogP contribution in [0.15, 0.2) is 52.5 Å². The van der Waals surface area contributed by atoms with Crippen LogP contribution in [0.2, 0.25) is 0 Å². The van der Waals surface area contributed by atoms with Crippen molar-refractivity contribution in [2.75, 3.05) is 11.5 Å². The first-order chi connectivity index (χ1) is 17.9. The van der Waals surface area contributed by atoms with Crippen molar-refractivity contribution in [2.45, 2.75) is 59.4 Å². The van der Waals surface area contributed by atoms with Gasteiger partial charge in [-0.3, -0.25) is 14.1 Å². The number of benzene rings is 1. The second-order valence-electron chi connectivity index (χ2n) is 10.1. The fourth-order valence-electron chi connectivity index (χ4n) is 5.02. The Morgan fingerprint density at radius 2 is 1.86 bits per heavy atom. The SMILES string of the molecule is CCOC(=O)c1cc(-c2ccc(-c3cn4ccsc4n3)cc2)oc1N(C(=O)[C@H]1CC[C@H](C)CC1)C(C)C. The molecule has 3 aromatic heterocycles. The largest absolute Gasteiger partial charge is 0.462 e. The van der Waals surface area contributed by atoms with Crippen LogP contribution >= 0.6 is 11.3 Å². The Labute approximate surface area is 221 Å². The third-order valence-corrected chi connectivity index (χ3v) is 7.87. The molecule has 0 radical (unpaired) electrons. The van der Waals surface area contributed by atoms with Crippen LogP contribution in [0.4, 0.5) is 5.88 Å². The number of imidazole rings is 1. The molecule has 194 valence electrons. The van der Waals surface area contributed by atoms with E-state index in [0.29, 0.717) is 11.7 Å². The topological polar surface area (TPSA) is 77.1 Å². The van der Waals surface area contributed by atoms with Gasteiger partial charge in [-0.05, 0) is 52.4 Å². The lowest BCUT2D eigenvalue weighted by Crippen LogP contribution is -2.42. The minimum atomic E-state index is -0.488. The predicted octanol–water partition coefficient (Wildman–Crippen LogP) is 7.07. The van der Waals surface area contributed by atoms with E-state index in [2.05, 4.69) is 11.9 Å². The number of fused-ring (bicyclic) bond motifs is 1. The second kappa shape index (κ2) is 10.5. The number of carbonyl (C=O) groups is 2. The van der Waals surface area contributed by atoms with Crippen LogP contribution < -0.4 is 4.90 Å². The van der Waals surface area contributed by atoms with Crippen LogP contribution in [-0.2, 0) is 9.53 Å². The van der Waals surface area contributed by atoms with E-state index in [1.54, 1.807) is 29.2 Å². The minimum Gasteiger partial charge on any atom is -0.462 e. The Kier molecular flexibility index (Phi) is 7.20. The Balaban J connectivity index is 1.48. The van der Waals surface area contributed by atoms with E-state index in [0.717, 1.165) is 47.5 Å². The van der Waals surface area contributed by atoms with Crippen LogP contribution in [-0.4, -0.2) is 33.9 Å². The highest BCUT2D eigenvalue weighted by molar-refractivity contribution is 7.15. The number of ether oxygens (including phenoxy) is 1. The van der Waals surface area contributed by atoms with Crippen LogP contribution in [0.5, 0.6) is 0 Å². The van der Waals surface area contributed by atoms with Gasteiger partial charge < -0.3 is 9.15 Å². The van der Waals surface area contributed by atoms with Gasteiger partial charge in [0.15, 0.2) is 4.96 Å². The Morgan fingerprint density at radius 1 is 1.16 bits per heavy atom. The standard InChI is InChI=1S/C29H33N3O4S/c1-5-35-28(34)23-16-25(21-12-10-20(11-13-21)24-17-31-14-15-37-29(31)30-24)36-27(23)32(18(2)3)26(33)22-8-6-19(4)7-9-22/h10-19,22H,5-9H2,1-4H3/t19-,22-. The van der Waals surface area contributed by atoms with Crippen molar-refractivity contribution in [1.82, 2.24) is 9.38 Å². The minimum absolute atomic E-state index is 0.0171. The van der Waals surface area contributed by atoms with Gasteiger partial charge in [0.2, 0.25) is 11.8 Å². The lowest BCUT2D eigenvalue weighted by atomic mass is 9.82. The molecule has 0 N–H and O–H groups in total. The molecule has 0 atom stereocenters. The smallest absolute Gasteiger partial charge is 0.343 e. The molecule has 1 aliphatic carbocycles. The summed E-state index contributed by atoms with van der Waals surface area (Å²) >= 11 is 1.59. The van der Waals surface area contributed by atoms with Crippen molar-refractivity contribution >= 4 is 34.1 Å². The van der Waals surface area contributed by atoms with Crippen molar-refractivity contribution in [1.29, 1.82) is 0 Å². The number of hydrogen-bond donors (Lipinski definition) is 0. The zero-order valence-corrected chi connectivity index (χ0v) is 22.6. The molecule has 4 aromatic rings. The summed E-state index contributed by atoms with van der Waals surface area (Å²) in [7, 11) is 0. The fourth-order valence-corrected chi connectivity index (χ4v) is 5.72. The molecular weight excluding hydrogens is 486 g/mol. The molecule has 1 amide bonds. The number of anilines is 1. The number of nitrogens with zero attached hydrogens (tertiary/aromatic N) is 3. The second-order valence-corrected chi connectivity index (χ2v) is 11.0. The highest BCUT2D eigenvalue weighted by atomic mass is 32.1. The summed E-state index contributed by atoms with van der Waals surface area (Å²) in [6.45, 7) is 8.15. The fraction of sp³-hybridized carbons (Fsp3) is 0.414. The lowest BCUT2D eigenvalue weighted by molar-refractivity contribution is -0.124. The Bertz CT molecular complexity index is 1360. The number of esters is 1. The number of amides is 1. The maximum atomic E-state index is 13.7. The summed E-state index contributed by atoms with van der Waals surface area (Å²) in [6, 6.07) is 9.40. The summed E-state index contributed by atoms with van der Waals surface area (Å²) in [6.07, 6.45) is 7.79. The number of hydrogen-bond acceptors (Lipinski definition) is 6. The molecule has 0 unspecified atom stereocenters. The van der Waals surface area contributed by atoms with Gasteiger partial charge >= 0.3 is 5.97 Å².